The van der Waals surface area contributed by atoms with Crippen LogP contribution in [0.25, 0.3) is 0 Å². The molecule has 2 unspecified atom stereocenters. The molecule has 0 amide bonds. The molecule has 0 radical (unpaired) electrons. The molecule has 4 nitrogen and oxygen atoms in total. The molecule has 1 aromatic carbocycles. The Morgan fingerprint density at radius 1 is 1.47 bits per heavy atom. The second kappa shape index (κ2) is 6.84. The minimum absolute atomic E-state index is 0.135. The fraction of sp³-hybridized carbons (Fsp3) is 0.571. The van der Waals surface area contributed by atoms with Crippen LogP contribution < -0.4 is 10.1 Å². The first-order chi connectivity index (χ1) is 9.26. The van der Waals surface area contributed by atoms with Crippen LogP contribution in [-0.4, -0.2) is 39.6 Å². The number of ether oxygens (including phenoxy) is 3. The molecule has 0 aliphatic carbocycles. The van der Waals surface area contributed by atoms with Crippen molar-refractivity contribution in [2.24, 2.45) is 0 Å². The molecule has 0 aromatic heterocycles. The van der Waals surface area contributed by atoms with E-state index in [1.54, 1.807) is 13.2 Å². The maximum atomic E-state index is 13.5. The standard InChI is InChI=1S/C14H20FNO3/c1-3-16-14(13-9-18-6-7-19-13)11-8-10(15)4-5-12(11)17-2/h4-5,8,13-14,16H,3,6-7,9H2,1-2H3. The largest absolute Gasteiger partial charge is 0.496 e. The third-order valence-corrected chi connectivity index (χ3v) is 3.16. The van der Waals surface area contributed by atoms with Gasteiger partial charge in [0, 0.05) is 5.56 Å². The van der Waals surface area contributed by atoms with E-state index in [-0.39, 0.29) is 18.0 Å². The van der Waals surface area contributed by atoms with Gasteiger partial charge in [-0.3, -0.25) is 0 Å². The minimum atomic E-state index is -0.282. The first kappa shape index (κ1) is 14.2. The van der Waals surface area contributed by atoms with Crippen molar-refractivity contribution in [1.82, 2.24) is 5.32 Å². The van der Waals surface area contributed by atoms with Gasteiger partial charge in [-0.25, -0.2) is 4.39 Å². The van der Waals surface area contributed by atoms with Gasteiger partial charge in [0.15, 0.2) is 0 Å². The number of nitrogens with one attached hydrogen (secondary N) is 1. The molecular formula is C14H20FNO3. The Morgan fingerprint density at radius 3 is 2.95 bits per heavy atom. The summed E-state index contributed by atoms with van der Waals surface area (Å²) < 4.78 is 30.0. The molecule has 2 rings (SSSR count). The molecule has 19 heavy (non-hydrogen) atoms. The van der Waals surface area contributed by atoms with E-state index in [9.17, 15) is 4.39 Å². The lowest BCUT2D eigenvalue weighted by atomic mass is 9.99. The van der Waals surface area contributed by atoms with Gasteiger partial charge in [-0.1, -0.05) is 6.92 Å². The zero-order valence-electron chi connectivity index (χ0n) is 11.3. The lowest BCUT2D eigenvalue weighted by Gasteiger charge is -2.32. The maximum Gasteiger partial charge on any atom is 0.123 e. The van der Waals surface area contributed by atoms with Gasteiger partial charge in [-0.15, -0.1) is 0 Å². The van der Waals surface area contributed by atoms with Crippen molar-refractivity contribution in [3.05, 3.63) is 29.6 Å². The number of hydrogen-bond donors (Lipinski definition) is 1. The van der Waals surface area contributed by atoms with Crippen molar-refractivity contribution < 1.29 is 18.6 Å². The number of hydrogen-bond acceptors (Lipinski definition) is 4. The van der Waals surface area contributed by atoms with Crippen LogP contribution in [0.3, 0.4) is 0 Å². The normalized spacial score (nSPS) is 21.1. The highest BCUT2D eigenvalue weighted by molar-refractivity contribution is 5.37. The third-order valence-electron chi connectivity index (χ3n) is 3.16. The van der Waals surface area contributed by atoms with E-state index >= 15 is 0 Å². The average Bonchev–Trinajstić information content (AvgIpc) is 2.45. The highest BCUT2D eigenvalue weighted by atomic mass is 19.1. The highest BCUT2D eigenvalue weighted by Crippen LogP contribution is 2.30. The molecule has 1 aromatic rings. The number of rotatable bonds is 5. The van der Waals surface area contributed by atoms with Crippen molar-refractivity contribution in [3.63, 3.8) is 0 Å². The molecule has 1 fully saturated rings. The first-order valence-corrected chi connectivity index (χ1v) is 6.52. The first-order valence-electron chi connectivity index (χ1n) is 6.52. The Morgan fingerprint density at radius 2 is 2.32 bits per heavy atom. The van der Waals surface area contributed by atoms with E-state index in [4.69, 9.17) is 14.2 Å². The van der Waals surface area contributed by atoms with Crippen molar-refractivity contribution in [2.45, 2.75) is 19.1 Å². The number of halogens is 1. The summed E-state index contributed by atoms with van der Waals surface area (Å²) in [5.74, 6) is 0.372. The van der Waals surface area contributed by atoms with Gasteiger partial charge in [0.1, 0.15) is 17.7 Å². The molecular weight excluding hydrogens is 249 g/mol. The third kappa shape index (κ3) is 3.43. The van der Waals surface area contributed by atoms with Gasteiger partial charge in [-0.05, 0) is 24.7 Å². The van der Waals surface area contributed by atoms with Crippen LogP contribution in [0.1, 0.15) is 18.5 Å². The van der Waals surface area contributed by atoms with E-state index < -0.39 is 0 Å². The minimum Gasteiger partial charge on any atom is -0.496 e. The number of likely N-dealkylation sites (N-methyl/N-ethyl adjacent to an activating group) is 1. The van der Waals surface area contributed by atoms with Crippen LogP contribution in [0.4, 0.5) is 4.39 Å². The zero-order valence-corrected chi connectivity index (χ0v) is 11.3. The molecule has 1 N–H and O–H groups in total. The Labute approximate surface area is 112 Å². The average molecular weight is 269 g/mol. The Bertz CT molecular complexity index is 408. The van der Waals surface area contributed by atoms with Crippen molar-refractivity contribution in [3.8, 4) is 5.75 Å². The van der Waals surface area contributed by atoms with Crippen LogP contribution in [0.2, 0.25) is 0 Å². The van der Waals surface area contributed by atoms with E-state index in [1.807, 2.05) is 6.92 Å². The fourth-order valence-electron chi connectivity index (χ4n) is 2.31. The molecule has 0 bridgehead atoms. The summed E-state index contributed by atoms with van der Waals surface area (Å²) in [5.41, 5.74) is 0.764. The van der Waals surface area contributed by atoms with Gasteiger partial charge in [0.05, 0.1) is 33.0 Å². The Hall–Kier alpha value is -1.17. The van der Waals surface area contributed by atoms with Crippen LogP contribution in [0.5, 0.6) is 5.75 Å². The van der Waals surface area contributed by atoms with E-state index in [0.29, 0.717) is 25.6 Å². The smallest absolute Gasteiger partial charge is 0.123 e. The molecule has 1 saturated heterocycles. The van der Waals surface area contributed by atoms with Gasteiger partial charge in [-0.2, -0.15) is 0 Å². The van der Waals surface area contributed by atoms with Crippen molar-refractivity contribution >= 4 is 0 Å². The quantitative estimate of drug-likeness (QED) is 0.886. The lowest BCUT2D eigenvalue weighted by molar-refractivity contribution is -0.102. The van der Waals surface area contributed by atoms with Gasteiger partial charge >= 0.3 is 0 Å². The topological polar surface area (TPSA) is 39.7 Å². The second-order valence-electron chi connectivity index (χ2n) is 4.41. The molecule has 1 heterocycles. The Kier molecular flexibility index (Phi) is 5.13. The number of methoxy groups -OCH3 is 1. The van der Waals surface area contributed by atoms with Crippen LogP contribution in [-0.2, 0) is 9.47 Å². The zero-order chi connectivity index (χ0) is 13.7. The predicted molar refractivity (Wildman–Crippen MR) is 69.9 cm³/mol. The monoisotopic (exact) mass is 269 g/mol. The Balaban J connectivity index is 2.28. The summed E-state index contributed by atoms with van der Waals surface area (Å²) in [6.07, 6.45) is -0.135. The summed E-state index contributed by atoms with van der Waals surface area (Å²) in [7, 11) is 1.58. The van der Waals surface area contributed by atoms with E-state index in [1.165, 1.54) is 12.1 Å². The highest BCUT2D eigenvalue weighted by Gasteiger charge is 2.28. The van der Waals surface area contributed by atoms with Crippen LogP contribution in [0.15, 0.2) is 18.2 Å². The second-order valence-corrected chi connectivity index (χ2v) is 4.41. The summed E-state index contributed by atoms with van der Waals surface area (Å²) in [5, 5.41) is 3.32. The summed E-state index contributed by atoms with van der Waals surface area (Å²) >= 11 is 0. The lowest BCUT2D eigenvalue weighted by Crippen LogP contribution is -2.40. The van der Waals surface area contributed by atoms with Gasteiger partial charge in [0.25, 0.3) is 0 Å². The van der Waals surface area contributed by atoms with Crippen LogP contribution >= 0.6 is 0 Å². The van der Waals surface area contributed by atoms with Gasteiger partial charge < -0.3 is 19.5 Å². The molecule has 1 aliphatic heterocycles. The number of benzene rings is 1. The fourth-order valence-corrected chi connectivity index (χ4v) is 2.31. The molecule has 0 saturated carbocycles. The summed E-state index contributed by atoms with van der Waals surface area (Å²) in [6, 6.07) is 4.38. The summed E-state index contributed by atoms with van der Waals surface area (Å²) in [6.45, 7) is 4.42. The molecule has 2 atom stereocenters. The van der Waals surface area contributed by atoms with E-state index in [2.05, 4.69) is 5.32 Å². The SMILES string of the molecule is CCNC(c1cc(F)ccc1OC)C1COCCO1. The van der Waals surface area contributed by atoms with Crippen molar-refractivity contribution in [1.29, 1.82) is 0 Å². The predicted octanol–water partition coefficient (Wildman–Crippen LogP) is 1.90. The molecule has 0 spiro atoms. The summed E-state index contributed by atoms with van der Waals surface area (Å²) in [4.78, 5) is 0. The molecule has 1 aliphatic rings. The molecule has 106 valence electrons. The van der Waals surface area contributed by atoms with Crippen molar-refractivity contribution in [2.75, 3.05) is 33.5 Å². The van der Waals surface area contributed by atoms with Crippen LogP contribution in [0, 0.1) is 5.82 Å². The van der Waals surface area contributed by atoms with E-state index in [0.717, 1.165) is 12.1 Å². The molecule has 5 heteroatoms. The van der Waals surface area contributed by atoms with Gasteiger partial charge in [0.2, 0.25) is 0 Å². The maximum absolute atomic E-state index is 13.5.